The number of nitrogens with one attached hydrogen (secondary N) is 1. The van der Waals surface area contributed by atoms with Crippen LogP contribution in [0.25, 0.3) is 0 Å². The van der Waals surface area contributed by atoms with Gasteiger partial charge in [0.05, 0.1) is 0 Å². The molecule has 1 unspecified atom stereocenters. The van der Waals surface area contributed by atoms with Gasteiger partial charge in [-0.2, -0.15) is 0 Å². The summed E-state index contributed by atoms with van der Waals surface area (Å²) in [7, 11) is 0. The molecule has 2 aromatic carbocycles. The molecule has 2 aromatic rings. The molecule has 8 heteroatoms. The van der Waals surface area contributed by atoms with E-state index in [1.54, 1.807) is 11.0 Å². The zero-order chi connectivity index (χ0) is 26.6. The summed E-state index contributed by atoms with van der Waals surface area (Å²) in [5, 5.41) is 2.34. The van der Waals surface area contributed by atoms with Gasteiger partial charge in [0.2, 0.25) is 17.7 Å². The van der Waals surface area contributed by atoms with E-state index in [1.165, 1.54) is 0 Å². The molecule has 3 aliphatic heterocycles. The van der Waals surface area contributed by atoms with Crippen molar-refractivity contribution in [3.63, 3.8) is 0 Å². The Morgan fingerprint density at radius 3 is 2.53 bits per heavy atom. The fourth-order valence-electron chi connectivity index (χ4n) is 5.58. The highest BCUT2D eigenvalue weighted by atomic mass is 16.2. The lowest BCUT2D eigenvalue weighted by molar-refractivity contribution is -0.137. The second kappa shape index (κ2) is 11.2. The predicted molar refractivity (Wildman–Crippen MR) is 141 cm³/mol. The van der Waals surface area contributed by atoms with Gasteiger partial charge in [-0.3, -0.25) is 24.5 Å². The molecule has 5 rings (SSSR count). The number of fused-ring (bicyclic) bond motifs is 1. The van der Waals surface area contributed by atoms with Crippen LogP contribution in [0.1, 0.15) is 71.6 Å². The third-order valence-corrected chi connectivity index (χ3v) is 7.83. The van der Waals surface area contributed by atoms with Crippen LogP contribution in [-0.2, 0) is 20.9 Å². The Labute approximate surface area is 222 Å². The third-order valence-electron chi connectivity index (χ3n) is 7.83. The quantitative estimate of drug-likeness (QED) is 0.472. The third kappa shape index (κ3) is 5.34. The molecule has 2 atom stereocenters. The first-order chi connectivity index (χ1) is 18.4. The molecule has 2 saturated heterocycles. The molecule has 3 heterocycles. The summed E-state index contributed by atoms with van der Waals surface area (Å²) in [6, 6.07) is 13.7. The van der Waals surface area contributed by atoms with Gasteiger partial charge in [0.1, 0.15) is 12.1 Å². The second-order valence-corrected chi connectivity index (χ2v) is 10.2. The summed E-state index contributed by atoms with van der Waals surface area (Å²) in [5.74, 6) is 6.10. The minimum atomic E-state index is -0.631. The predicted octanol–water partition coefficient (Wildman–Crippen LogP) is 2.52. The van der Waals surface area contributed by atoms with E-state index in [9.17, 15) is 19.2 Å². The minimum absolute atomic E-state index is 0.0201. The van der Waals surface area contributed by atoms with E-state index in [4.69, 9.17) is 5.73 Å². The lowest BCUT2D eigenvalue weighted by Crippen LogP contribution is -2.52. The van der Waals surface area contributed by atoms with Crippen LogP contribution in [0.3, 0.4) is 0 Å². The van der Waals surface area contributed by atoms with Crippen molar-refractivity contribution in [3.8, 4) is 11.8 Å². The summed E-state index contributed by atoms with van der Waals surface area (Å²) < 4.78 is 0. The van der Waals surface area contributed by atoms with Gasteiger partial charge in [-0.05, 0) is 54.9 Å². The molecule has 8 nitrogen and oxygen atoms in total. The summed E-state index contributed by atoms with van der Waals surface area (Å²) >= 11 is 0. The van der Waals surface area contributed by atoms with Gasteiger partial charge in [0.15, 0.2) is 0 Å². The fourth-order valence-corrected chi connectivity index (χ4v) is 5.58. The number of carbonyl (C=O) groups excluding carboxylic acids is 4. The first kappa shape index (κ1) is 25.7. The number of piperidine rings is 2. The lowest BCUT2D eigenvalue weighted by atomic mass is 9.91. The molecule has 0 aliphatic carbocycles. The Morgan fingerprint density at radius 1 is 1.03 bits per heavy atom. The van der Waals surface area contributed by atoms with E-state index in [0.29, 0.717) is 37.5 Å². The second-order valence-electron chi connectivity index (χ2n) is 10.2. The lowest BCUT2D eigenvalue weighted by Gasteiger charge is -2.33. The minimum Gasteiger partial charge on any atom is -0.341 e. The summed E-state index contributed by atoms with van der Waals surface area (Å²) in [5.41, 5.74) is 9.26. The van der Waals surface area contributed by atoms with Gasteiger partial charge in [0.25, 0.3) is 5.91 Å². The van der Waals surface area contributed by atoms with Crippen molar-refractivity contribution in [1.82, 2.24) is 15.1 Å². The summed E-state index contributed by atoms with van der Waals surface area (Å²) in [6.45, 7) is 1.74. The van der Waals surface area contributed by atoms with Crippen molar-refractivity contribution in [1.29, 1.82) is 0 Å². The number of hydrogen-bond donors (Lipinski definition) is 2. The number of nitrogens with two attached hydrogens (primary N) is 1. The van der Waals surface area contributed by atoms with Crippen molar-refractivity contribution in [2.75, 3.05) is 13.1 Å². The molecular formula is C30H32N4O4. The van der Waals surface area contributed by atoms with Crippen LogP contribution in [0.5, 0.6) is 0 Å². The van der Waals surface area contributed by atoms with E-state index in [-0.39, 0.29) is 24.1 Å². The van der Waals surface area contributed by atoms with Gasteiger partial charge >= 0.3 is 0 Å². The van der Waals surface area contributed by atoms with Gasteiger partial charge < -0.3 is 15.5 Å². The van der Waals surface area contributed by atoms with Crippen LogP contribution in [0.15, 0.2) is 48.5 Å². The van der Waals surface area contributed by atoms with E-state index in [0.717, 1.165) is 42.4 Å². The Bertz CT molecular complexity index is 1300. The topological polar surface area (TPSA) is 113 Å². The number of amides is 4. The van der Waals surface area contributed by atoms with Crippen LogP contribution in [-0.4, -0.2) is 52.6 Å². The first-order valence-corrected chi connectivity index (χ1v) is 13.3. The van der Waals surface area contributed by atoms with Crippen LogP contribution < -0.4 is 11.1 Å². The highest BCUT2D eigenvalue weighted by molar-refractivity contribution is 6.05. The standard InChI is InChI=1S/C30H32N4O4/c31-27(22-9-2-1-3-10-22)30(38)33-17-15-20(16-18-33)7-4-5-8-21-11-6-12-23-24(21)19-34(29(23)37)25-13-14-26(35)32-28(25)36/h1-3,6,9-12,20,25,27H,4,7,13-19,31H2,(H,32,35,36)/t25?,27-/m0/s1. The van der Waals surface area contributed by atoms with E-state index < -0.39 is 18.0 Å². The largest absolute Gasteiger partial charge is 0.341 e. The maximum Gasteiger partial charge on any atom is 0.255 e. The molecule has 0 aromatic heterocycles. The van der Waals surface area contributed by atoms with E-state index in [2.05, 4.69) is 17.2 Å². The van der Waals surface area contributed by atoms with Crippen LogP contribution >= 0.6 is 0 Å². The molecule has 3 N–H and O–H groups in total. The zero-order valence-corrected chi connectivity index (χ0v) is 21.3. The smallest absolute Gasteiger partial charge is 0.255 e. The van der Waals surface area contributed by atoms with E-state index in [1.807, 2.05) is 47.4 Å². The Kier molecular flexibility index (Phi) is 7.57. The van der Waals surface area contributed by atoms with Crippen molar-refractivity contribution in [2.45, 2.75) is 57.2 Å². The normalized spacial score (nSPS) is 20.4. The molecule has 0 spiro atoms. The number of likely N-dealkylation sites (tertiary alicyclic amines) is 1. The molecule has 4 amide bonds. The van der Waals surface area contributed by atoms with Crippen LogP contribution in [0.2, 0.25) is 0 Å². The number of hydrogen-bond acceptors (Lipinski definition) is 5. The molecule has 0 radical (unpaired) electrons. The average Bonchev–Trinajstić information content (AvgIpc) is 3.28. The van der Waals surface area contributed by atoms with Crippen LogP contribution in [0, 0.1) is 17.8 Å². The zero-order valence-electron chi connectivity index (χ0n) is 21.3. The molecule has 38 heavy (non-hydrogen) atoms. The van der Waals surface area contributed by atoms with Crippen molar-refractivity contribution >= 4 is 23.6 Å². The Balaban J connectivity index is 1.13. The van der Waals surface area contributed by atoms with Crippen molar-refractivity contribution < 1.29 is 19.2 Å². The maximum absolute atomic E-state index is 13.0. The maximum atomic E-state index is 13.0. The molecular weight excluding hydrogens is 480 g/mol. The number of imide groups is 1. The molecule has 0 bridgehead atoms. The summed E-state index contributed by atoms with van der Waals surface area (Å²) in [6.07, 6.45) is 4.13. The number of nitrogens with zero attached hydrogens (tertiary/aromatic N) is 2. The SMILES string of the molecule is N[C@H](C(=O)N1CCC(CCC#Cc2cccc3c2CN(C2CCC(=O)NC2=O)C3=O)CC1)c1ccccc1. The molecule has 0 saturated carbocycles. The highest BCUT2D eigenvalue weighted by Crippen LogP contribution is 2.30. The number of rotatable bonds is 5. The molecule has 196 valence electrons. The Morgan fingerprint density at radius 2 is 1.79 bits per heavy atom. The van der Waals surface area contributed by atoms with Crippen molar-refractivity contribution in [3.05, 3.63) is 70.8 Å². The molecule has 3 aliphatic rings. The average molecular weight is 513 g/mol. The van der Waals surface area contributed by atoms with Gasteiger partial charge in [0, 0.05) is 43.6 Å². The first-order valence-electron chi connectivity index (χ1n) is 13.3. The Hall–Kier alpha value is -3.96. The highest BCUT2D eigenvalue weighted by Gasteiger charge is 2.39. The van der Waals surface area contributed by atoms with Crippen LogP contribution in [0.4, 0.5) is 0 Å². The van der Waals surface area contributed by atoms with Crippen molar-refractivity contribution in [2.24, 2.45) is 11.7 Å². The summed E-state index contributed by atoms with van der Waals surface area (Å²) in [4.78, 5) is 53.0. The monoisotopic (exact) mass is 512 g/mol. The molecule has 2 fully saturated rings. The van der Waals surface area contributed by atoms with Gasteiger partial charge in [-0.15, -0.1) is 0 Å². The fraction of sp³-hybridized carbons (Fsp3) is 0.400. The van der Waals surface area contributed by atoms with Gasteiger partial charge in [-0.1, -0.05) is 48.2 Å². The number of benzene rings is 2. The number of carbonyl (C=O) groups is 4. The van der Waals surface area contributed by atoms with Gasteiger partial charge in [-0.25, -0.2) is 0 Å². The van der Waals surface area contributed by atoms with E-state index >= 15 is 0 Å².